The monoisotopic (exact) mass is 269 g/mol. The quantitative estimate of drug-likeness (QED) is 0.663. The fraction of sp³-hybridized carbons (Fsp3) is 0.0667. The van der Waals surface area contributed by atoms with Crippen molar-refractivity contribution in [1.82, 2.24) is 4.98 Å². The number of rotatable bonds is 3. The molecule has 100 valence electrons. The number of halogens is 1. The zero-order valence-corrected chi connectivity index (χ0v) is 10.8. The van der Waals surface area contributed by atoms with E-state index in [1.165, 1.54) is 30.5 Å². The zero-order valence-electron chi connectivity index (χ0n) is 10.8. The third kappa shape index (κ3) is 2.45. The molecule has 0 aliphatic heterocycles. The van der Waals surface area contributed by atoms with Crippen LogP contribution < -0.4 is 5.73 Å². The number of ketones is 1. The number of nitrogen functional groups attached to an aromatic ring is 1. The van der Waals surface area contributed by atoms with Gasteiger partial charge in [0.2, 0.25) is 0 Å². The van der Waals surface area contributed by atoms with E-state index in [2.05, 4.69) is 4.98 Å². The molecular formula is C15H12FN3O. The minimum absolute atomic E-state index is 0.0317. The molecule has 0 unspecified atom stereocenters. The molecule has 0 radical (unpaired) electrons. The zero-order chi connectivity index (χ0) is 14.7. The lowest BCUT2D eigenvalue weighted by Gasteiger charge is -2.02. The number of aromatic amines is 1. The SMILES string of the molecule is C/C(C#N)=C\c1c(C(=O)c2ccccc2F)c[nH]c1N. The van der Waals surface area contributed by atoms with E-state index >= 15 is 0 Å². The standard InChI is InChI=1S/C15H12FN3O/c1-9(7-17)6-11-12(8-19-15(11)18)14(20)10-4-2-3-5-13(10)16/h2-6,8,19H,18H2,1H3/b9-6+. The van der Waals surface area contributed by atoms with E-state index in [1.807, 2.05) is 6.07 Å². The number of nitrogens with zero attached hydrogens (tertiary/aromatic N) is 1. The van der Waals surface area contributed by atoms with Gasteiger partial charge in [0.15, 0.2) is 5.78 Å². The molecule has 0 amide bonds. The molecular weight excluding hydrogens is 257 g/mol. The van der Waals surface area contributed by atoms with Crippen molar-refractivity contribution in [3.8, 4) is 6.07 Å². The molecule has 2 aromatic rings. The van der Waals surface area contributed by atoms with Crippen LogP contribution in [-0.4, -0.2) is 10.8 Å². The highest BCUT2D eigenvalue weighted by Gasteiger charge is 2.19. The van der Waals surface area contributed by atoms with E-state index in [0.29, 0.717) is 11.1 Å². The molecule has 20 heavy (non-hydrogen) atoms. The number of nitrogens with one attached hydrogen (secondary N) is 1. The summed E-state index contributed by atoms with van der Waals surface area (Å²) < 4.78 is 13.7. The van der Waals surface area contributed by atoms with Crippen molar-refractivity contribution in [2.45, 2.75) is 6.92 Å². The molecule has 0 saturated heterocycles. The largest absolute Gasteiger partial charge is 0.385 e. The van der Waals surface area contributed by atoms with Crippen molar-refractivity contribution < 1.29 is 9.18 Å². The van der Waals surface area contributed by atoms with Crippen LogP contribution in [0.2, 0.25) is 0 Å². The molecule has 0 fully saturated rings. The van der Waals surface area contributed by atoms with Gasteiger partial charge in [0, 0.05) is 22.9 Å². The number of nitriles is 1. The molecule has 0 aliphatic carbocycles. The maximum Gasteiger partial charge on any atom is 0.198 e. The van der Waals surface area contributed by atoms with E-state index in [0.717, 1.165) is 0 Å². The summed E-state index contributed by atoms with van der Waals surface area (Å²) in [7, 11) is 0. The Hall–Kier alpha value is -2.87. The minimum Gasteiger partial charge on any atom is -0.385 e. The summed E-state index contributed by atoms with van der Waals surface area (Å²) in [5, 5.41) is 8.80. The first-order valence-electron chi connectivity index (χ1n) is 5.89. The summed E-state index contributed by atoms with van der Waals surface area (Å²) in [6.45, 7) is 1.60. The Kier molecular flexibility index (Phi) is 3.67. The molecule has 0 atom stereocenters. The van der Waals surface area contributed by atoms with E-state index in [-0.39, 0.29) is 16.9 Å². The van der Waals surface area contributed by atoms with Crippen LogP contribution in [0.15, 0.2) is 36.0 Å². The first kappa shape index (κ1) is 13.6. The van der Waals surface area contributed by atoms with Crippen molar-refractivity contribution in [1.29, 1.82) is 5.26 Å². The van der Waals surface area contributed by atoms with Crippen molar-refractivity contribution in [2.24, 2.45) is 0 Å². The van der Waals surface area contributed by atoms with Crippen LogP contribution in [-0.2, 0) is 0 Å². The second-order valence-corrected chi connectivity index (χ2v) is 4.28. The fourth-order valence-corrected chi connectivity index (χ4v) is 1.83. The summed E-state index contributed by atoms with van der Waals surface area (Å²) in [5.74, 6) is -0.809. The first-order chi connectivity index (χ1) is 9.54. The number of carbonyl (C=O) groups is 1. The van der Waals surface area contributed by atoms with E-state index in [1.54, 1.807) is 13.0 Å². The van der Waals surface area contributed by atoms with Crippen molar-refractivity contribution in [3.05, 3.63) is 58.5 Å². The topological polar surface area (TPSA) is 82.7 Å². The summed E-state index contributed by atoms with van der Waals surface area (Å²) >= 11 is 0. The van der Waals surface area contributed by atoms with Gasteiger partial charge in [-0.15, -0.1) is 0 Å². The summed E-state index contributed by atoms with van der Waals surface area (Å²) in [5.41, 5.74) is 6.75. The highest BCUT2D eigenvalue weighted by Crippen LogP contribution is 2.23. The van der Waals surface area contributed by atoms with Gasteiger partial charge in [0.05, 0.1) is 11.6 Å². The molecule has 1 heterocycles. The molecule has 1 aromatic heterocycles. The molecule has 0 saturated carbocycles. The lowest BCUT2D eigenvalue weighted by atomic mass is 10.0. The lowest BCUT2D eigenvalue weighted by molar-refractivity contribution is 0.103. The third-order valence-corrected chi connectivity index (χ3v) is 2.85. The Balaban J connectivity index is 2.53. The molecule has 3 N–H and O–H groups in total. The Morgan fingerprint density at radius 1 is 1.40 bits per heavy atom. The molecule has 2 rings (SSSR count). The van der Waals surface area contributed by atoms with E-state index in [4.69, 9.17) is 11.0 Å². The van der Waals surface area contributed by atoms with Crippen LogP contribution in [0.1, 0.15) is 28.4 Å². The van der Waals surface area contributed by atoms with Crippen LogP contribution in [0.5, 0.6) is 0 Å². The number of hydrogen-bond donors (Lipinski definition) is 2. The van der Waals surface area contributed by atoms with Crippen molar-refractivity contribution in [2.75, 3.05) is 5.73 Å². The second-order valence-electron chi connectivity index (χ2n) is 4.28. The maximum absolute atomic E-state index is 13.7. The van der Waals surface area contributed by atoms with Crippen LogP contribution in [0.4, 0.5) is 10.2 Å². The molecule has 0 aliphatic rings. The van der Waals surface area contributed by atoms with Gasteiger partial charge >= 0.3 is 0 Å². The Bertz CT molecular complexity index is 738. The van der Waals surface area contributed by atoms with Crippen LogP contribution >= 0.6 is 0 Å². The third-order valence-electron chi connectivity index (χ3n) is 2.85. The molecule has 4 nitrogen and oxygen atoms in total. The van der Waals surface area contributed by atoms with E-state index in [9.17, 15) is 9.18 Å². The summed E-state index contributed by atoms with van der Waals surface area (Å²) in [6.07, 6.45) is 2.92. The Morgan fingerprint density at radius 3 is 2.75 bits per heavy atom. The highest BCUT2D eigenvalue weighted by molar-refractivity contribution is 6.12. The van der Waals surface area contributed by atoms with Crippen molar-refractivity contribution >= 4 is 17.7 Å². The van der Waals surface area contributed by atoms with Crippen LogP contribution in [0.25, 0.3) is 6.08 Å². The summed E-state index contributed by atoms with van der Waals surface area (Å²) in [6, 6.07) is 7.68. The minimum atomic E-state index is -0.593. The predicted molar refractivity (Wildman–Crippen MR) is 74.3 cm³/mol. The molecule has 0 bridgehead atoms. The molecule has 0 spiro atoms. The number of nitrogens with two attached hydrogens (primary N) is 1. The van der Waals surface area contributed by atoms with Gasteiger partial charge in [-0.1, -0.05) is 12.1 Å². The smallest absolute Gasteiger partial charge is 0.198 e. The number of benzene rings is 1. The average molecular weight is 269 g/mol. The Labute approximate surface area is 115 Å². The number of aromatic nitrogens is 1. The predicted octanol–water partition coefficient (Wildman–Crippen LogP) is 2.89. The normalized spacial score (nSPS) is 11.2. The number of H-pyrrole nitrogens is 1. The fourth-order valence-electron chi connectivity index (χ4n) is 1.83. The molecule has 1 aromatic carbocycles. The highest BCUT2D eigenvalue weighted by atomic mass is 19.1. The summed E-state index contributed by atoms with van der Waals surface area (Å²) in [4.78, 5) is 15.1. The number of hydrogen-bond acceptors (Lipinski definition) is 3. The lowest BCUT2D eigenvalue weighted by Crippen LogP contribution is -2.05. The van der Waals surface area contributed by atoms with Gasteiger partial charge < -0.3 is 10.7 Å². The second kappa shape index (κ2) is 5.41. The molecule has 5 heteroatoms. The maximum atomic E-state index is 13.7. The van der Waals surface area contributed by atoms with Gasteiger partial charge in [-0.2, -0.15) is 5.26 Å². The van der Waals surface area contributed by atoms with Gasteiger partial charge in [-0.25, -0.2) is 4.39 Å². The van der Waals surface area contributed by atoms with E-state index < -0.39 is 11.6 Å². The van der Waals surface area contributed by atoms with Gasteiger partial charge in [0.1, 0.15) is 11.6 Å². The van der Waals surface area contributed by atoms with Gasteiger partial charge in [-0.05, 0) is 25.1 Å². The van der Waals surface area contributed by atoms with Crippen molar-refractivity contribution in [3.63, 3.8) is 0 Å². The van der Waals surface area contributed by atoms with Crippen LogP contribution in [0.3, 0.4) is 0 Å². The van der Waals surface area contributed by atoms with Crippen LogP contribution in [0, 0.1) is 17.1 Å². The average Bonchev–Trinajstić information content (AvgIpc) is 2.80. The number of allylic oxidation sites excluding steroid dienone is 1. The Morgan fingerprint density at radius 2 is 2.10 bits per heavy atom. The van der Waals surface area contributed by atoms with Gasteiger partial charge in [-0.3, -0.25) is 4.79 Å². The number of anilines is 1. The first-order valence-corrected chi connectivity index (χ1v) is 5.89. The number of carbonyl (C=O) groups excluding carboxylic acids is 1. The van der Waals surface area contributed by atoms with Gasteiger partial charge in [0.25, 0.3) is 0 Å².